The average Bonchev–Trinajstić information content (AvgIpc) is 2.65. The monoisotopic (exact) mass is 335 g/mol. The van der Waals surface area contributed by atoms with E-state index in [2.05, 4.69) is 59.1 Å². The second-order valence-electron chi connectivity index (χ2n) is 5.61. The van der Waals surface area contributed by atoms with E-state index < -0.39 is 5.54 Å². The maximum absolute atomic E-state index is 6.55. The number of hydrogen-bond donors (Lipinski definition) is 1. The molecule has 0 bridgehead atoms. The maximum Gasteiger partial charge on any atom is 0.0738 e. The number of halogens is 1. The SMILES string of the molecule is CCc1ccc(C(C)(N)Cc2c(Br)c(C)nn2C)cc1. The van der Waals surface area contributed by atoms with Gasteiger partial charge in [-0.1, -0.05) is 31.2 Å². The molecule has 0 aliphatic carbocycles. The van der Waals surface area contributed by atoms with Crippen molar-refractivity contribution in [3.8, 4) is 0 Å². The first-order valence-electron chi connectivity index (χ1n) is 6.91. The Balaban J connectivity index is 2.29. The third-order valence-corrected chi connectivity index (χ3v) is 4.85. The molecule has 0 amide bonds. The van der Waals surface area contributed by atoms with Gasteiger partial charge in [-0.25, -0.2) is 0 Å². The van der Waals surface area contributed by atoms with Crippen molar-refractivity contribution < 1.29 is 0 Å². The second-order valence-corrected chi connectivity index (χ2v) is 6.41. The molecule has 2 aromatic rings. The molecule has 0 saturated heterocycles. The van der Waals surface area contributed by atoms with Gasteiger partial charge in [0, 0.05) is 19.0 Å². The van der Waals surface area contributed by atoms with Crippen LogP contribution >= 0.6 is 15.9 Å². The molecule has 0 aliphatic heterocycles. The van der Waals surface area contributed by atoms with E-state index in [1.165, 1.54) is 5.56 Å². The fourth-order valence-electron chi connectivity index (χ4n) is 2.44. The van der Waals surface area contributed by atoms with Crippen molar-refractivity contribution in [3.63, 3.8) is 0 Å². The van der Waals surface area contributed by atoms with Crippen molar-refractivity contribution in [2.75, 3.05) is 0 Å². The summed E-state index contributed by atoms with van der Waals surface area (Å²) in [4.78, 5) is 0. The standard InChI is InChI=1S/C16H22BrN3/c1-5-12-6-8-13(9-7-12)16(3,18)10-14-15(17)11(2)19-20(14)4/h6-9H,5,10,18H2,1-4H3. The summed E-state index contributed by atoms with van der Waals surface area (Å²) < 4.78 is 2.96. The molecule has 20 heavy (non-hydrogen) atoms. The van der Waals surface area contributed by atoms with Crippen LogP contribution in [-0.4, -0.2) is 9.78 Å². The van der Waals surface area contributed by atoms with Crippen LogP contribution in [0.1, 0.15) is 36.4 Å². The predicted molar refractivity (Wildman–Crippen MR) is 86.7 cm³/mol. The van der Waals surface area contributed by atoms with E-state index in [-0.39, 0.29) is 0 Å². The fraction of sp³-hybridized carbons (Fsp3) is 0.438. The molecule has 1 atom stereocenters. The van der Waals surface area contributed by atoms with Gasteiger partial charge in [0.1, 0.15) is 0 Å². The van der Waals surface area contributed by atoms with Crippen LogP contribution in [0.5, 0.6) is 0 Å². The van der Waals surface area contributed by atoms with Crippen molar-refractivity contribution >= 4 is 15.9 Å². The molecule has 1 unspecified atom stereocenters. The first-order chi connectivity index (χ1) is 9.35. The van der Waals surface area contributed by atoms with E-state index in [0.717, 1.165) is 34.3 Å². The minimum Gasteiger partial charge on any atom is -0.321 e. The number of nitrogens with zero attached hydrogens (tertiary/aromatic N) is 2. The van der Waals surface area contributed by atoms with Crippen LogP contribution in [0.3, 0.4) is 0 Å². The molecule has 2 rings (SSSR count). The van der Waals surface area contributed by atoms with E-state index in [4.69, 9.17) is 5.73 Å². The van der Waals surface area contributed by atoms with Gasteiger partial charge in [0.15, 0.2) is 0 Å². The molecule has 0 saturated carbocycles. The highest BCUT2D eigenvalue weighted by molar-refractivity contribution is 9.10. The Morgan fingerprint density at radius 2 is 1.90 bits per heavy atom. The highest BCUT2D eigenvalue weighted by Crippen LogP contribution is 2.28. The summed E-state index contributed by atoms with van der Waals surface area (Å²) in [5.74, 6) is 0. The summed E-state index contributed by atoms with van der Waals surface area (Å²) in [6, 6.07) is 8.58. The fourth-order valence-corrected chi connectivity index (χ4v) is 2.92. The largest absolute Gasteiger partial charge is 0.321 e. The number of aryl methyl sites for hydroxylation is 3. The lowest BCUT2D eigenvalue weighted by Gasteiger charge is -2.26. The van der Waals surface area contributed by atoms with Gasteiger partial charge in [0.2, 0.25) is 0 Å². The van der Waals surface area contributed by atoms with Gasteiger partial charge < -0.3 is 5.73 Å². The number of aromatic nitrogens is 2. The van der Waals surface area contributed by atoms with Crippen LogP contribution in [0.25, 0.3) is 0 Å². The molecule has 1 heterocycles. The smallest absolute Gasteiger partial charge is 0.0738 e. The van der Waals surface area contributed by atoms with Crippen LogP contribution in [0.4, 0.5) is 0 Å². The minimum absolute atomic E-state index is 0.408. The first kappa shape index (κ1) is 15.3. The van der Waals surface area contributed by atoms with Gasteiger partial charge in [-0.2, -0.15) is 5.10 Å². The van der Waals surface area contributed by atoms with Crippen molar-refractivity contribution in [3.05, 3.63) is 51.3 Å². The zero-order valence-electron chi connectivity index (χ0n) is 12.6. The summed E-state index contributed by atoms with van der Waals surface area (Å²) in [5, 5.41) is 4.43. The summed E-state index contributed by atoms with van der Waals surface area (Å²) in [5.41, 5.74) is 10.8. The summed E-state index contributed by atoms with van der Waals surface area (Å²) >= 11 is 3.61. The lowest BCUT2D eigenvalue weighted by molar-refractivity contribution is 0.471. The number of rotatable bonds is 4. The molecular weight excluding hydrogens is 314 g/mol. The van der Waals surface area contributed by atoms with Crippen molar-refractivity contribution in [1.29, 1.82) is 0 Å². The Morgan fingerprint density at radius 1 is 1.30 bits per heavy atom. The summed E-state index contributed by atoms with van der Waals surface area (Å²) in [6.07, 6.45) is 1.80. The van der Waals surface area contributed by atoms with E-state index in [9.17, 15) is 0 Å². The second kappa shape index (κ2) is 5.70. The van der Waals surface area contributed by atoms with E-state index in [0.29, 0.717) is 0 Å². The highest BCUT2D eigenvalue weighted by Gasteiger charge is 2.25. The number of nitrogens with two attached hydrogens (primary N) is 1. The van der Waals surface area contributed by atoms with Gasteiger partial charge in [-0.3, -0.25) is 4.68 Å². The zero-order valence-corrected chi connectivity index (χ0v) is 14.2. The van der Waals surface area contributed by atoms with Crippen LogP contribution in [0, 0.1) is 6.92 Å². The molecule has 0 fully saturated rings. The summed E-state index contributed by atoms with van der Waals surface area (Å²) in [6.45, 7) is 6.23. The Hall–Kier alpha value is -1.13. The van der Waals surface area contributed by atoms with Gasteiger partial charge in [-0.05, 0) is 47.3 Å². The van der Waals surface area contributed by atoms with Gasteiger partial charge >= 0.3 is 0 Å². The van der Waals surface area contributed by atoms with Crippen LogP contribution in [-0.2, 0) is 25.4 Å². The Morgan fingerprint density at radius 3 is 2.35 bits per heavy atom. The Bertz CT molecular complexity index is 597. The molecule has 1 aromatic carbocycles. The highest BCUT2D eigenvalue weighted by atomic mass is 79.9. The quantitative estimate of drug-likeness (QED) is 0.929. The molecule has 3 nitrogen and oxygen atoms in total. The average molecular weight is 336 g/mol. The van der Waals surface area contributed by atoms with Crippen molar-refractivity contribution in [2.24, 2.45) is 12.8 Å². The molecule has 0 radical (unpaired) electrons. The van der Waals surface area contributed by atoms with Gasteiger partial charge in [0.05, 0.1) is 15.9 Å². The van der Waals surface area contributed by atoms with E-state index >= 15 is 0 Å². The summed E-state index contributed by atoms with van der Waals surface area (Å²) in [7, 11) is 1.96. The molecule has 2 N–H and O–H groups in total. The Labute approximate surface area is 129 Å². The van der Waals surface area contributed by atoms with E-state index in [1.807, 2.05) is 18.7 Å². The molecule has 4 heteroatoms. The molecule has 0 spiro atoms. The van der Waals surface area contributed by atoms with Gasteiger partial charge in [-0.15, -0.1) is 0 Å². The first-order valence-corrected chi connectivity index (χ1v) is 7.70. The predicted octanol–water partition coefficient (Wildman–Crippen LogP) is 3.47. The topological polar surface area (TPSA) is 43.8 Å². The third kappa shape index (κ3) is 2.96. The zero-order chi connectivity index (χ0) is 14.9. The van der Waals surface area contributed by atoms with Crippen LogP contribution in [0.2, 0.25) is 0 Å². The molecule has 1 aromatic heterocycles. The third-order valence-electron chi connectivity index (χ3n) is 3.82. The normalized spacial score (nSPS) is 14.3. The number of hydrogen-bond acceptors (Lipinski definition) is 2. The van der Waals surface area contributed by atoms with Crippen molar-refractivity contribution in [1.82, 2.24) is 9.78 Å². The van der Waals surface area contributed by atoms with Gasteiger partial charge in [0.25, 0.3) is 0 Å². The lowest BCUT2D eigenvalue weighted by atomic mass is 9.87. The Kier molecular flexibility index (Phi) is 4.35. The maximum atomic E-state index is 6.55. The van der Waals surface area contributed by atoms with Crippen molar-refractivity contribution in [2.45, 2.75) is 39.2 Å². The minimum atomic E-state index is -0.408. The lowest BCUT2D eigenvalue weighted by Crippen LogP contribution is -2.36. The molecular formula is C16H22BrN3. The van der Waals surface area contributed by atoms with E-state index in [1.54, 1.807) is 0 Å². The molecule has 0 aliphatic rings. The van der Waals surface area contributed by atoms with Crippen LogP contribution < -0.4 is 5.73 Å². The number of benzene rings is 1. The molecule has 108 valence electrons. The van der Waals surface area contributed by atoms with Crippen LogP contribution in [0.15, 0.2) is 28.7 Å².